The van der Waals surface area contributed by atoms with Crippen molar-refractivity contribution in [2.24, 2.45) is 0 Å². The van der Waals surface area contributed by atoms with E-state index in [4.69, 9.17) is 21.1 Å². The molecule has 0 radical (unpaired) electrons. The van der Waals surface area contributed by atoms with Crippen LogP contribution in [0.3, 0.4) is 0 Å². The van der Waals surface area contributed by atoms with Gasteiger partial charge in [0.05, 0.1) is 0 Å². The third-order valence-corrected chi connectivity index (χ3v) is 3.70. The first-order chi connectivity index (χ1) is 12.0. The van der Waals surface area contributed by atoms with Crippen LogP contribution in [0.5, 0.6) is 5.75 Å². The van der Waals surface area contributed by atoms with Gasteiger partial charge in [0.25, 0.3) is 5.91 Å². The van der Waals surface area contributed by atoms with Gasteiger partial charge in [-0.05, 0) is 49.2 Å². The Kier molecular flexibility index (Phi) is 6.83. The summed E-state index contributed by atoms with van der Waals surface area (Å²) in [7, 11) is 0. The Morgan fingerprint density at radius 3 is 2.52 bits per heavy atom. The lowest BCUT2D eigenvalue weighted by Crippen LogP contribution is -2.31. The van der Waals surface area contributed by atoms with Gasteiger partial charge in [0, 0.05) is 10.7 Å². The Bertz CT molecular complexity index is 730. The standard InChI is InChI=1S/C19H20ClNO4/c1-3-14-7-9-16(10-8-14)21-19(23)13(2)25-18(22)12-24-17-6-4-5-15(20)11-17/h4-11,13H,3,12H2,1-2H3,(H,21,23)/t13-/m0/s1. The lowest BCUT2D eigenvalue weighted by Gasteiger charge is -2.14. The van der Waals surface area contributed by atoms with Crippen LogP contribution in [0.1, 0.15) is 19.4 Å². The molecule has 0 aliphatic heterocycles. The minimum Gasteiger partial charge on any atom is -0.482 e. The number of esters is 1. The summed E-state index contributed by atoms with van der Waals surface area (Å²) < 4.78 is 10.4. The molecule has 0 fully saturated rings. The Morgan fingerprint density at radius 1 is 1.16 bits per heavy atom. The predicted octanol–water partition coefficient (Wildman–Crippen LogP) is 3.85. The van der Waals surface area contributed by atoms with Gasteiger partial charge in [-0.1, -0.05) is 36.7 Å². The Labute approximate surface area is 151 Å². The Hall–Kier alpha value is -2.53. The van der Waals surface area contributed by atoms with Crippen LogP contribution in [0, 0.1) is 0 Å². The van der Waals surface area contributed by atoms with Gasteiger partial charge in [0.2, 0.25) is 0 Å². The first kappa shape index (κ1) is 18.8. The van der Waals surface area contributed by atoms with E-state index in [0.717, 1.165) is 6.42 Å². The molecule has 0 heterocycles. The molecule has 0 saturated heterocycles. The summed E-state index contributed by atoms with van der Waals surface area (Å²) >= 11 is 5.83. The van der Waals surface area contributed by atoms with Crippen LogP contribution in [-0.4, -0.2) is 24.6 Å². The summed E-state index contributed by atoms with van der Waals surface area (Å²) in [5, 5.41) is 3.21. The molecule has 2 aromatic rings. The molecule has 25 heavy (non-hydrogen) atoms. The summed E-state index contributed by atoms with van der Waals surface area (Å²) in [6, 6.07) is 14.2. The number of benzene rings is 2. The molecular formula is C19H20ClNO4. The van der Waals surface area contributed by atoms with Crippen molar-refractivity contribution in [3.05, 3.63) is 59.1 Å². The fourth-order valence-corrected chi connectivity index (χ4v) is 2.23. The average molecular weight is 362 g/mol. The summed E-state index contributed by atoms with van der Waals surface area (Å²) in [6.07, 6.45) is -0.00388. The first-order valence-corrected chi connectivity index (χ1v) is 8.33. The number of hydrogen-bond donors (Lipinski definition) is 1. The number of amides is 1. The maximum Gasteiger partial charge on any atom is 0.344 e. The molecule has 5 nitrogen and oxygen atoms in total. The number of carbonyl (C=O) groups is 2. The van der Waals surface area contributed by atoms with Crippen molar-refractivity contribution in [2.45, 2.75) is 26.4 Å². The number of rotatable bonds is 7. The van der Waals surface area contributed by atoms with Crippen molar-refractivity contribution in [2.75, 3.05) is 11.9 Å². The van der Waals surface area contributed by atoms with Gasteiger partial charge in [-0.25, -0.2) is 4.79 Å². The van der Waals surface area contributed by atoms with Gasteiger partial charge < -0.3 is 14.8 Å². The van der Waals surface area contributed by atoms with E-state index in [1.54, 1.807) is 24.3 Å². The summed E-state index contributed by atoms with van der Waals surface area (Å²) in [5.74, 6) is -0.582. The molecule has 2 aromatic carbocycles. The van der Waals surface area contributed by atoms with Crippen molar-refractivity contribution in [1.29, 1.82) is 0 Å². The van der Waals surface area contributed by atoms with Crippen LogP contribution in [0.4, 0.5) is 5.69 Å². The SMILES string of the molecule is CCc1ccc(NC(=O)[C@H](C)OC(=O)COc2cccc(Cl)c2)cc1. The van der Waals surface area contributed by atoms with Crippen LogP contribution >= 0.6 is 11.6 Å². The van der Waals surface area contributed by atoms with E-state index in [0.29, 0.717) is 16.5 Å². The normalized spacial score (nSPS) is 11.5. The molecule has 0 aromatic heterocycles. The highest BCUT2D eigenvalue weighted by molar-refractivity contribution is 6.30. The molecule has 0 aliphatic rings. The van der Waals surface area contributed by atoms with Crippen LogP contribution in [0.25, 0.3) is 0 Å². The molecule has 0 bridgehead atoms. The molecule has 1 atom stereocenters. The highest BCUT2D eigenvalue weighted by Crippen LogP contribution is 2.17. The highest BCUT2D eigenvalue weighted by atomic mass is 35.5. The fourth-order valence-electron chi connectivity index (χ4n) is 2.05. The topological polar surface area (TPSA) is 64.6 Å². The average Bonchev–Trinajstić information content (AvgIpc) is 2.60. The van der Waals surface area contributed by atoms with E-state index in [9.17, 15) is 9.59 Å². The maximum atomic E-state index is 12.1. The zero-order valence-electron chi connectivity index (χ0n) is 14.1. The number of hydrogen-bond acceptors (Lipinski definition) is 4. The Morgan fingerprint density at radius 2 is 1.88 bits per heavy atom. The van der Waals surface area contributed by atoms with Gasteiger partial charge in [-0.15, -0.1) is 0 Å². The smallest absolute Gasteiger partial charge is 0.344 e. The Balaban J connectivity index is 1.80. The van der Waals surface area contributed by atoms with Crippen LogP contribution in [0.2, 0.25) is 5.02 Å². The lowest BCUT2D eigenvalue weighted by molar-refractivity contribution is -0.155. The lowest BCUT2D eigenvalue weighted by atomic mass is 10.1. The van der Waals surface area contributed by atoms with Gasteiger partial charge in [-0.3, -0.25) is 4.79 Å². The molecule has 132 valence electrons. The minimum atomic E-state index is -0.929. The molecular weight excluding hydrogens is 342 g/mol. The van der Waals surface area contributed by atoms with Crippen molar-refractivity contribution in [3.8, 4) is 5.75 Å². The summed E-state index contributed by atoms with van der Waals surface area (Å²) in [5.41, 5.74) is 1.83. The van der Waals surface area contributed by atoms with Crippen LogP contribution in [-0.2, 0) is 20.7 Å². The largest absolute Gasteiger partial charge is 0.482 e. The van der Waals surface area contributed by atoms with Crippen molar-refractivity contribution < 1.29 is 19.1 Å². The summed E-state index contributed by atoms with van der Waals surface area (Å²) in [6.45, 7) is 3.26. The van der Waals surface area contributed by atoms with Crippen molar-refractivity contribution in [3.63, 3.8) is 0 Å². The van der Waals surface area contributed by atoms with Crippen molar-refractivity contribution in [1.82, 2.24) is 0 Å². The molecule has 1 N–H and O–H groups in total. The number of anilines is 1. The van der Waals surface area contributed by atoms with E-state index in [-0.39, 0.29) is 6.61 Å². The van der Waals surface area contributed by atoms with E-state index in [1.165, 1.54) is 12.5 Å². The first-order valence-electron chi connectivity index (χ1n) is 7.95. The number of carbonyl (C=O) groups excluding carboxylic acids is 2. The number of halogens is 1. The minimum absolute atomic E-state index is 0.302. The van der Waals surface area contributed by atoms with Gasteiger partial charge >= 0.3 is 5.97 Å². The monoisotopic (exact) mass is 361 g/mol. The molecule has 0 unspecified atom stereocenters. The van der Waals surface area contributed by atoms with Crippen molar-refractivity contribution >= 4 is 29.2 Å². The zero-order chi connectivity index (χ0) is 18.2. The molecule has 6 heteroatoms. The quantitative estimate of drug-likeness (QED) is 0.761. The van der Waals surface area contributed by atoms with E-state index < -0.39 is 18.0 Å². The zero-order valence-corrected chi connectivity index (χ0v) is 14.9. The number of aryl methyl sites for hydroxylation is 1. The predicted molar refractivity (Wildman–Crippen MR) is 97.0 cm³/mol. The second-order valence-corrected chi connectivity index (χ2v) is 5.85. The highest BCUT2D eigenvalue weighted by Gasteiger charge is 2.18. The van der Waals surface area contributed by atoms with Crippen LogP contribution in [0.15, 0.2) is 48.5 Å². The maximum absolute atomic E-state index is 12.1. The molecule has 1 amide bonds. The second kappa shape index (κ2) is 9.08. The number of ether oxygens (including phenoxy) is 2. The van der Waals surface area contributed by atoms with E-state index in [2.05, 4.69) is 12.2 Å². The van der Waals surface area contributed by atoms with E-state index >= 15 is 0 Å². The summed E-state index contributed by atoms with van der Waals surface area (Å²) in [4.78, 5) is 23.9. The fraction of sp³-hybridized carbons (Fsp3) is 0.263. The molecule has 0 saturated carbocycles. The van der Waals surface area contributed by atoms with Gasteiger partial charge in [0.1, 0.15) is 5.75 Å². The van der Waals surface area contributed by atoms with Crippen LogP contribution < -0.4 is 10.1 Å². The van der Waals surface area contributed by atoms with Gasteiger partial charge in [0.15, 0.2) is 12.7 Å². The third kappa shape index (κ3) is 6.12. The molecule has 0 spiro atoms. The van der Waals surface area contributed by atoms with E-state index in [1.807, 2.05) is 24.3 Å². The third-order valence-electron chi connectivity index (χ3n) is 3.46. The van der Waals surface area contributed by atoms with Gasteiger partial charge in [-0.2, -0.15) is 0 Å². The molecule has 0 aliphatic carbocycles. The second-order valence-electron chi connectivity index (χ2n) is 5.42. The number of nitrogens with one attached hydrogen (secondary N) is 1. The molecule has 2 rings (SSSR count).